The summed E-state index contributed by atoms with van der Waals surface area (Å²) in [6, 6.07) is 6.45. The molecular formula is C21H30ClN. The maximum atomic E-state index is 4.06. The fourth-order valence-electron chi connectivity index (χ4n) is 2.22. The first kappa shape index (κ1) is 21.5. The molecular weight excluding hydrogens is 302 g/mol. The van der Waals surface area contributed by atoms with Gasteiger partial charge in [0.1, 0.15) is 0 Å². The zero-order valence-electron chi connectivity index (χ0n) is 15.4. The number of hydrogen-bond donors (Lipinski definition) is 0. The van der Waals surface area contributed by atoms with E-state index in [-0.39, 0.29) is 17.8 Å². The van der Waals surface area contributed by atoms with Gasteiger partial charge in [-0.05, 0) is 64.4 Å². The zero-order valence-corrected chi connectivity index (χ0v) is 16.2. The molecule has 23 heavy (non-hydrogen) atoms. The van der Waals surface area contributed by atoms with Gasteiger partial charge in [0.25, 0.3) is 0 Å². The molecule has 1 aromatic rings. The lowest BCUT2D eigenvalue weighted by molar-refractivity contribution is 0.362. The van der Waals surface area contributed by atoms with Crippen LogP contribution >= 0.6 is 12.4 Å². The Labute approximate surface area is 148 Å². The minimum absolute atomic E-state index is 0. The van der Waals surface area contributed by atoms with Gasteiger partial charge in [-0.25, -0.2) is 0 Å². The minimum Gasteiger partial charge on any atom is -0.298 e. The first-order valence-corrected chi connectivity index (χ1v) is 7.81. The van der Waals surface area contributed by atoms with Crippen molar-refractivity contribution in [3.63, 3.8) is 0 Å². The largest absolute Gasteiger partial charge is 0.298 e. The van der Waals surface area contributed by atoms with Crippen LogP contribution in [0.1, 0.15) is 44.4 Å². The predicted molar refractivity (Wildman–Crippen MR) is 106 cm³/mol. The van der Waals surface area contributed by atoms with Crippen molar-refractivity contribution in [2.45, 2.75) is 41.2 Å². The summed E-state index contributed by atoms with van der Waals surface area (Å²) in [7, 11) is 2.13. The molecule has 1 nitrogen and oxygen atoms in total. The maximum Gasteiger partial charge on any atom is 0.0236 e. The van der Waals surface area contributed by atoms with Gasteiger partial charge in [0, 0.05) is 18.5 Å². The molecule has 126 valence electrons. The van der Waals surface area contributed by atoms with Crippen molar-refractivity contribution in [2.24, 2.45) is 5.41 Å². The average Bonchev–Trinajstić information content (AvgIpc) is 2.39. The van der Waals surface area contributed by atoms with E-state index in [1.165, 1.54) is 16.7 Å². The highest BCUT2D eigenvalue weighted by atomic mass is 35.5. The minimum atomic E-state index is 0. The van der Waals surface area contributed by atoms with Crippen LogP contribution in [0.3, 0.4) is 0 Å². The summed E-state index contributed by atoms with van der Waals surface area (Å²) in [6.45, 7) is 16.5. The SMILES string of the molecule is C=C(C)c1cccc(CN(C)C/C=C/C#CC(C)(C)C)c1C.Cl. The number of likely N-dealkylation sites (N-methyl/N-ethyl adjacent to an activating group) is 1. The van der Waals surface area contributed by atoms with Gasteiger partial charge in [-0.1, -0.05) is 48.3 Å². The number of nitrogens with zero attached hydrogens (tertiary/aromatic N) is 1. The van der Waals surface area contributed by atoms with Crippen molar-refractivity contribution in [2.75, 3.05) is 13.6 Å². The van der Waals surface area contributed by atoms with Crippen molar-refractivity contribution < 1.29 is 0 Å². The summed E-state index contributed by atoms with van der Waals surface area (Å²) in [5.41, 5.74) is 5.14. The molecule has 0 bridgehead atoms. The van der Waals surface area contributed by atoms with Gasteiger partial charge in [-0.3, -0.25) is 4.90 Å². The molecule has 0 radical (unpaired) electrons. The second-order valence-electron chi connectivity index (χ2n) is 6.99. The first-order chi connectivity index (χ1) is 10.2. The predicted octanol–water partition coefficient (Wildman–Crippen LogP) is 5.49. The van der Waals surface area contributed by atoms with E-state index in [2.05, 4.69) is 89.3 Å². The van der Waals surface area contributed by atoms with Crippen LogP contribution in [0.15, 0.2) is 36.9 Å². The monoisotopic (exact) mass is 331 g/mol. The van der Waals surface area contributed by atoms with E-state index in [0.717, 1.165) is 18.7 Å². The number of benzene rings is 1. The summed E-state index contributed by atoms with van der Waals surface area (Å²) in [5, 5.41) is 0. The second kappa shape index (κ2) is 9.60. The van der Waals surface area contributed by atoms with Crippen molar-refractivity contribution >= 4 is 18.0 Å². The molecule has 0 aromatic heterocycles. The van der Waals surface area contributed by atoms with Crippen LogP contribution in [0.2, 0.25) is 0 Å². The summed E-state index contributed by atoms with van der Waals surface area (Å²) in [5.74, 6) is 6.32. The van der Waals surface area contributed by atoms with Crippen LogP contribution in [0, 0.1) is 24.2 Å². The highest BCUT2D eigenvalue weighted by Crippen LogP contribution is 2.21. The normalized spacial score (nSPS) is 11.1. The molecule has 0 fully saturated rings. The van der Waals surface area contributed by atoms with E-state index in [1.54, 1.807) is 0 Å². The van der Waals surface area contributed by atoms with Gasteiger partial charge in [-0.2, -0.15) is 0 Å². The van der Waals surface area contributed by atoms with Crippen LogP contribution in [-0.2, 0) is 6.54 Å². The van der Waals surface area contributed by atoms with Crippen molar-refractivity contribution in [1.29, 1.82) is 0 Å². The molecule has 0 unspecified atom stereocenters. The fourth-order valence-corrected chi connectivity index (χ4v) is 2.22. The Morgan fingerprint density at radius 1 is 1.30 bits per heavy atom. The van der Waals surface area contributed by atoms with Gasteiger partial charge < -0.3 is 0 Å². The van der Waals surface area contributed by atoms with E-state index in [0.29, 0.717) is 0 Å². The first-order valence-electron chi connectivity index (χ1n) is 7.81. The molecule has 0 N–H and O–H groups in total. The second-order valence-corrected chi connectivity index (χ2v) is 6.99. The third kappa shape index (κ3) is 8.07. The summed E-state index contributed by atoms with van der Waals surface area (Å²) in [6.07, 6.45) is 4.08. The molecule has 0 spiro atoms. The standard InChI is InChI=1S/C21H29N.ClH/c1-17(2)20-13-11-12-19(18(20)3)16-22(7)15-10-8-9-14-21(4,5)6;/h8,10-13H,1,15-16H2,2-7H3;1H/b10-8+;. The van der Waals surface area contributed by atoms with Crippen molar-refractivity contribution in [3.05, 3.63) is 53.6 Å². The van der Waals surface area contributed by atoms with E-state index in [1.807, 2.05) is 6.08 Å². The van der Waals surface area contributed by atoms with E-state index < -0.39 is 0 Å². The van der Waals surface area contributed by atoms with Crippen molar-refractivity contribution in [3.8, 4) is 11.8 Å². The Morgan fingerprint density at radius 3 is 2.52 bits per heavy atom. The smallest absolute Gasteiger partial charge is 0.0236 e. The number of hydrogen-bond acceptors (Lipinski definition) is 1. The Kier molecular flexibility index (Phi) is 8.98. The number of halogens is 1. The lowest BCUT2D eigenvalue weighted by Gasteiger charge is -2.18. The molecule has 0 saturated carbocycles. The number of allylic oxidation sites excluding steroid dienone is 2. The molecule has 0 aliphatic rings. The van der Waals surface area contributed by atoms with Gasteiger partial charge in [0.2, 0.25) is 0 Å². The molecule has 0 atom stereocenters. The van der Waals surface area contributed by atoms with Crippen LogP contribution in [0.25, 0.3) is 5.57 Å². The third-order valence-corrected chi connectivity index (χ3v) is 3.41. The van der Waals surface area contributed by atoms with E-state index >= 15 is 0 Å². The maximum absolute atomic E-state index is 4.06. The fraction of sp³-hybridized carbons (Fsp3) is 0.429. The Hall–Kier alpha value is -1.49. The van der Waals surface area contributed by atoms with Gasteiger partial charge >= 0.3 is 0 Å². The average molecular weight is 332 g/mol. The van der Waals surface area contributed by atoms with E-state index in [4.69, 9.17) is 0 Å². The summed E-state index contributed by atoms with van der Waals surface area (Å²) in [4.78, 5) is 2.29. The molecule has 0 heterocycles. The Morgan fingerprint density at radius 2 is 1.96 bits per heavy atom. The summed E-state index contributed by atoms with van der Waals surface area (Å²) < 4.78 is 0. The van der Waals surface area contributed by atoms with Crippen LogP contribution in [0.5, 0.6) is 0 Å². The third-order valence-electron chi connectivity index (χ3n) is 3.41. The lowest BCUT2D eigenvalue weighted by atomic mass is 9.98. The molecule has 1 rings (SSSR count). The Bertz CT molecular complexity index is 609. The molecule has 1 aromatic carbocycles. The molecule has 2 heteroatoms. The van der Waals surface area contributed by atoms with Gasteiger partial charge in [-0.15, -0.1) is 12.4 Å². The van der Waals surface area contributed by atoms with Crippen LogP contribution in [0.4, 0.5) is 0 Å². The highest BCUT2D eigenvalue weighted by Gasteiger charge is 2.06. The molecule has 0 aliphatic carbocycles. The number of rotatable bonds is 5. The highest BCUT2D eigenvalue weighted by molar-refractivity contribution is 5.85. The Balaban J connectivity index is 0.00000484. The van der Waals surface area contributed by atoms with Gasteiger partial charge in [0.05, 0.1) is 0 Å². The van der Waals surface area contributed by atoms with Crippen molar-refractivity contribution in [1.82, 2.24) is 4.90 Å². The summed E-state index contributed by atoms with van der Waals surface area (Å²) >= 11 is 0. The molecule has 0 aliphatic heterocycles. The van der Waals surface area contributed by atoms with Crippen LogP contribution < -0.4 is 0 Å². The quantitative estimate of drug-likeness (QED) is 0.645. The van der Waals surface area contributed by atoms with Gasteiger partial charge in [0.15, 0.2) is 0 Å². The van der Waals surface area contributed by atoms with E-state index in [9.17, 15) is 0 Å². The zero-order chi connectivity index (χ0) is 16.8. The molecule has 0 saturated heterocycles. The van der Waals surface area contributed by atoms with Crippen LogP contribution in [-0.4, -0.2) is 18.5 Å². The molecule has 0 amide bonds. The topological polar surface area (TPSA) is 3.24 Å². The lowest BCUT2D eigenvalue weighted by Crippen LogP contribution is -2.18.